The van der Waals surface area contributed by atoms with Crippen molar-refractivity contribution in [1.29, 1.82) is 0 Å². The van der Waals surface area contributed by atoms with E-state index in [-0.39, 0.29) is 18.7 Å². The number of hydrogen-bond acceptors (Lipinski definition) is 4. The summed E-state index contributed by atoms with van der Waals surface area (Å²) in [5.74, 6) is -0.485. The van der Waals surface area contributed by atoms with Gasteiger partial charge in [0.2, 0.25) is 0 Å². The molecule has 1 aromatic carbocycles. The van der Waals surface area contributed by atoms with Gasteiger partial charge in [-0.2, -0.15) is 0 Å². The van der Waals surface area contributed by atoms with Gasteiger partial charge in [-0.05, 0) is 37.5 Å². The maximum absolute atomic E-state index is 12.7. The summed E-state index contributed by atoms with van der Waals surface area (Å²) in [5.41, 5.74) is 1.67. The number of methoxy groups -OCH3 is 1. The van der Waals surface area contributed by atoms with E-state index >= 15 is 0 Å². The molecule has 0 saturated heterocycles. The van der Waals surface area contributed by atoms with E-state index in [1.807, 2.05) is 0 Å². The lowest BCUT2D eigenvalue weighted by atomic mass is 9.95. The van der Waals surface area contributed by atoms with Crippen LogP contribution in [0.25, 0.3) is 0 Å². The highest BCUT2D eigenvalue weighted by Gasteiger charge is 2.42. The monoisotopic (exact) mass is 398 g/mol. The van der Waals surface area contributed by atoms with Crippen LogP contribution in [0.4, 0.5) is 4.79 Å². The molecule has 140 valence electrons. The first-order chi connectivity index (χ1) is 12.4. The summed E-state index contributed by atoms with van der Waals surface area (Å²) < 4.78 is 10.3. The van der Waals surface area contributed by atoms with Gasteiger partial charge in [0.1, 0.15) is 6.61 Å². The molecule has 0 bridgehead atoms. The predicted octanol–water partition coefficient (Wildman–Crippen LogP) is 3.69. The van der Waals surface area contributed by atoms with Crippen LogP contribution >= 0.6 is 23.2 Å². The Labute approximate surface area is 162 Å². The summed E-state index contributed by atoms with van der Waals surface area (Å²) in [7, 11) is 1.53. The van der Waals surface area contributed by atoms with Gasteiger partial charge in [0.25, 0.3) is 0 Å². The van der Waals surface area contributed by atoms with Gasteiger partial charge in [0.15, 0.2) is 0 Å². The van der Waals surface area contributed by atoms with Gasteiger partial charge in [-0.25, -0.2) is 9.59 Å². The van der Waals surface area contributed by atoms with Gasteiger partial charge in [0.05, 0.1) is 28.3 Å². The molecule has 1 heterocycles. The summed E-state index contributed by atoms with van der Waals surface area (Å²) in [6.45, 7) is 2.21. The Balaban J connectivity index is 1.98. The molecule has 0 spiro atoms. The summed E-state index contributed by atoms with van der Waals surface area (Å²) in [5, 5.41) is 3.66. The summed E-state index contributed by atoms with van der Waals surface area (Å²) in [6, 6.07) is 4.28. The van der Waals surface area contributed by atoms with Crippen LogP contribution in [-0.4, -0.2) is 43.3 Å². The van der Waals surface area contributed by atoms with Crippen LogP contribution in [0.15, 0.2) is 29.5 Å². The molecule has 3 rings (SSSR count). The summed E-state index contributed by atoms with van der Waals surface area (Å²) >= 11 is 12.1. The van der Waals surface area contributed by atoms with Gasteiger partial charge in [-0.1, -0.05) is 29.3 Å². The number of rotatable bonds is 6. The summed E-state index contributed by atoms with van der Waals surface area (Å²) in [6.07, 6.45) is 1.85. The number of halogens is 2. The number of allylic oxidation sites excluding steroid dienone is 1. The lowest BCUT2D eigenvalue weighted by Gasteiger charge is -2.35. The molecule has 2 amide bonds. The second kappa shape index (κ2) is 7.86. The third-order valence-corrected chi connectivity index (χ3v) is 5.20. The fraction of sp³-hybridized carbons (Fsp3) is 0.444. The number of urea groups is 1. The number of benzene rings is 1. The minimum absolute atomic E-state index is 0.131. The highest BCUT2D eigenvalue weighted by Crippen LogP contribution is 2.38. The average Bonchev–Trinajstić information content (AvgIpc) is 3.42. The number of nitrogens with zero attached hydrogens (tertiary/aromatic N) is 1. The van der Waals surface area contributed by atoms with Crippen molar-refractivity contribution in [3.05, 3.63) is 45.1 Å². The maximum atomic E-state index is 12.7. The van der Waals surface area contributed by atoms with Crippen molar-refractivity contribution in [2.45, 2.75) is 31.8 Å². The minimum atomic E-state index is -0.651. The predicted molar refractivity (Wildman–Crippen MR) is 98.1 cm³/mol. The number of amides is 2. The molecule has 1 N–H and O–H groups in total. The van der Waals surface area contributed by atoms with Crippen molar-refractivity contribution in [2.24, 2.45) is 0 Å². The molecule has 1 aromatic rings. The molecule has 2 aliphatic rings. The first kappa shape index (κ1) is 19.0. The standard InChI is InChI=1S/C18H20Cl2N2O4/c1-10-15(17(23)26-8-7-25-2)16(11-3-6-13(19)14(20)9-11)21-18(24)22(10)12-4-5-12/h3,6,9,12,16H,4-5,7-8H2,1-2H3,(H,21,24). The first-order valence-electron chi connectivity index (χ1n) is 8.35. The second-order valence-electron chi connectivity index (χ2n) is 6.29. The fourth-order valence-corrected chi connectivity index (χ4v) is 3.34. The molecular formula is C18H20Cl2N2O4. The molecule has 1 saturated carbocycles. The average molecular weight is 399 g/mol. The third-order valence-electron chi connectivity index (χ3n) is 4.46. The Bertz CT molecular complexity index is 762. The Hall–Kier alpha value is -1.76. The molecule has 0 aromatic heterocycles. The fourth-order valence-electron chi connectivity index (χ4n) is 3.03. The normalized spacial score (nSPS) is 20.2. The van der Waals surface area contributed by atoms with E-state index in [2.05, 4.69) is 5.32 Å². The summed E-state index contributed by atoms with van der Waals surface area (Å²) in [4.78, 5) is 27.0. The van der Waals surface area contributed by atoms with E-state index in [1.54, 1.807) is 30.0 Å². The van der Waals surface area contributed by atoms with Crippen LogP contribution in [0.3, 0.4) is 0 Å². The topological polar surface area (TPSA) is 67.9 Å². The van der Waals surface area contributed by atoms with Gasteiger partial charge in [-0.15, -0.1) is 0 Å². The molecule has 1 aliphatic heterocycles. The van der Waals surface area contributed by atoms with E-state index in [4.69, 9.17) is 32.7 Å². The van der Waals surface area contributed by atoms with Gasteiger partial charge in [0, 0.05) is 18.8 Å². The molecule has 26 heavy (non-hydrogen) atoms. The van der Waals surface area contributed by atoms with Crippen LogP contribution in [0.5, 0.6) is 0 Å². The number of hydrogen-bond donors (Lipinski definition) is 1. The highest BCUT2D eigenvalue weighted by atomic mass is 35.5. The number of nitrogens with one attached hydrogen (secondary N) is 1. The van der Waals surface area contributed by atoms with Crippen LogP contribution in [-0.2, 0) is 14.3 Å². The zero-order valence-electron chi connectivity index (χ0n) is 14.6. The molecule has 0 radical (unpaired) electrons. The second-order valence-corrected chi connectivity index (χ2v) is 7.10. The van der Waals surface area contributed by atoms with E-state index in [9.17, 15) is 9.59 Å². The molecule has 1 aliphatic carbocycles. The van der Waals surface area contributed by atoms with Crippen molar-refractivity contribution < 1.29 is 19.1 Å². The number of ether oxygens (including phenoxy) is 2. The Morgan fingerprint density at radius 2 is 2.00 bits per heavy atom. The number of esters is 1. The van der Waals surface area contributed by atoms with Crippen molar-refractivity contribution in [3.8, 4) is 0 Å². The quantitative estimate of drug-likeness (QED) is 0.585. The SMILES string of the molecule is COCCOC(=O)C1=C(C)N(C2CC2)C(=O)NC1c1ccc(Cl)c(Cl)c1. The Morgan fingerprint density at radius 3 is 2.62 bits per heavy atom. The maximum Gasteiger partial charge on any atom is 0.338 e. The lowest BCUT2D eigenvalue weighted by molar-refractivity contribution is -0.140. The largest absolute Gasteiger partial charge is 0.460 e. The Kier molecular flexibility index (Phi) is 5.75. The van der Waals surface area contributed by atoms with Crippen LogP contribution in [0.1, 0.15) is 31.4 Å². The molecule has 1 unspecified atom stereocenters. The van der Waals surface area contributed by atoms with Crippen molar-refractivity contribution in [1.82, 2.24) is 10.2 Å². The molecule has 1 atom stereocenters. The van der Waals surface area contributed by atoms with E-state index in [0.29, 0.717) is 33.5 Å². The molecule has 8 heteroatoms. The van der Waals surface area contributed by atoms with E-state index in [0.717, 1.165) is 12.8 Å². The molecule has 6 nitrogen and oxygen atoms in total. The van der Waals surface area contributed by atoms with E-state index < -0.39 is 12.0 Å². The molecular weight excluding hydrogens is 379 g/mol. The minimum Gasteiger partial charge on any atom is -0.460 e. The first-order valence-corrected chi connectivity index (χ1v) is 9.11. The van der Waals surface area contributed by atoms with E-state index in [1.165, 1.54) is 7.11 Å². The zero-order valence-corrected chi connectivity index (χ0v) is 16.1. The van der Waals surface area contributed by atoms with Crippen molar-refractivity contribution >= 4 is 35.2 Å². The lowest BCUT2D eigenvalue weighted by Crippen LogP contribution is -2.49. The van der Waals surface area contributed by atoms with Gasteiger partial charge in [-0.3, -0.25) is 4.90 Å². The van der Waals surface area contributed by atoms with Crippen molar-refractivity contribution in [3.63, 3.8) is 0 Å². The molecule has 1 fully saturated rings. The Morgan fingerprint density at radius 1 is 1.27 bits per heavy atom. The van der Waals surface area contributed by atoms with Gasteiger partial charge >= 0.3 is 12.0 Å². The zero-order chi connectivity index (χ0) is 18.8. The number of carbonyl (C=O) groups excluding carboxylic acids is 2. The van der Waals surface area contributed by atoms with Crippen molar-refractivity contribution in [2.75, 3.05) is 20.3 Å². The van der Waals surface area contributed by atoms with Crippen LogP contribution in [0.2, 0.25) is 10.0 Å². The van der Waals surface area contributed by atoms with Crippen LogP contribution < -0.4 is 5.32 Å². The van der Waals surface area contributed by atoms with Gasteiger partial charge < -0.3 is 14.8 Å². The third kappa shape index (κ3) is 3.82. The smallest absolute Gasteiger partial charge is 0.338 e. The number of carbonyl (C=O) groups is 2. The van der Waals surface area contributed by atoms with Crippen LogP contribution in [0, 0.1) is 0 Å². The highest BCUT2D eigenvalue weighted by molar-refractivity contribution is 6.42.